The summed E-state index contributed by atoms with van der Waals surface area (Å²) in [6.45, 7) is 16.3. The van der Waals surface area contributed by atoms with Gasteiger partial charge in [-0.2, -0.15) is 0 Å². The molecule has 0 aromatic rings. The fraction of sp³-hybridized carbons (Fsp3) is 0.800. The van der Waals surface area contributed by atoms with Gasteiger partial charge in [-0.3, -0.25) is 9.59 Å². The van der Waals surface area contributed by atoms with E-state index in [1.54, 1.807) is 0 Å². The van der Waals surface area contributed by atoms with E-state index in [0.29, 0.717) is 5.92 Å². The Balaban J connectivity index is 1.69. The number of ketones is 1. The van der Waals surface area contributed by atoms with Gasteiger partial charge in [-0.25, -0.2) is 0 Å². The summed E-state index contributed by atoms with van der Waals surface area (Å²) in [5.41, 5.74) is 0.153. The average molecular weight is 532 g/mol. The van der Waals surface area contributed by atoms with E-state index >= 15 is 0 Å². The molecule has 0 saturated heterocycles. The summed E-state index contributed by atoms with van der Waals surface area (Å²) in [6, 6.07) is 0. The zero-order chi connectivity index (χ0) is 25.1. The van der Waals surface area contributed by atoms with Crippen LogP contribution in [0.3, 0.4) is 0 Å². The molecular formula is C30H43BrO3. The summed E-state index contributed by atoms with van der Waals surface area (Å²) in [6.07, 6.45) is 12.9. The molecule has 0 heterocycles. The molecule has 1 N–H and O–H groups in total. The van der Waals surface area contributed by atoms with Gasteiger partial charge in [0.15, 0.2) is 5.78 Å². The molecule has 34 heavy (non-hydrogen) atoms. The van der Waals surface area contributed by atoms with Crippen molar-refractivity contribution in [2.24, 2.45) is 50.2 Å². The Kier molecular flexibility index (Phi) is 5.18. The first-order valence-corrected chi connectivity index (χ1v) is 14.3. The highest BCUT2D eigenvalue weighted by molar-refractivity contribution is 9.09. The van der Waals surface area contributed by atoms with Gasteiger partial charge < -0.3 is 5.11 Å². The number of hydrogen-bond acceptors (Lipinski definition) is 2. The predicted octanol–water partition coefficient (Wildman–Crippen LogP) is 7.59. The third-order valence-corrected chi connectivity index (χ3v) is 13.5. The van der Waals surface area contributed by atoms with Crippen LogP contribution in [0.25, 0.3) is 0 Å². The maximum atomic E-state index is 14.3. The maximum Gasteiger partial charge on any atom is 0.310 e. The van der Waals surface area contributed by atoms with Crippen LogP contribution in [0, 0.1) is 50.2 Å². The van der Waals surface area contributed by atoms with Crippen LogP contribution in [0.5, 0.6) is 0 Å². The van der Waals surface area contributed by atoms with Gasteiger partial charge in [0, 0.05) is 10.7 Å². The number of aliphatic carboxylic acids is 1. The molecule has 3 saturated carbocycles. The molecule has 4 unspecified atom stereocenters. The molecule has 3 fully saturated rings. The smallest absolute Gasteiger partial charge is 0.310 e. The number of carboxylic acid groups (broad SMARTS) is 1. The van der Waals surface area contributed by atoms with E-state index in [2.05, 4.69) is 76.5 Å². The number of carboxylic acids is 1. The predicted molar refractivity (Wildman–Crippen MR) is 140 cm³/mol. The van der Waals surface area contributed by atoms with Crippen molar-refractivity contribution in [2.45, 2.75) is 98.2 Å². The van der Waals surface area contributed by atoms with Crippen molar-refractivity contribution >= 4 is 27.7 Å². The number of hydrogen-bond donors (Lipinski definition) is 1. The summed E-state index contributed by atoms with van der Waals surface area (Å²) in [5, 5.41) is 10.5. The zero-order valence-electron chi connectivity index (χ0n) is 22.1. The zero-order valence-corrected chi connectivity index (χ0v) is 23.7. The van der Waals surface area contributed by atoms with E-state index in [1.165, 1.54) is 5.57 Å². The van der Waals surface area contributed by atoms with Gasteiger partial charge in [0.05, 0.1) is 5.41 Å². The van der Waals surface area contributed by atoms with Crippen LogP contribution >= 0.6 is 15.9 Å². The third-order valence-electron chi connectivity index (χ3n) is 12.2. The lowest BCUT2D eigenvalue weighted by Crippen LogP contribution is -2.67. The normalized spacial score (nSPS) is 50.8. The highest BCUT2D eigenvalue weighted by atomic mass is 79.9. The minimum atomic E-state index is -0.709. The summed E-state index contributed by atoms with van der Waals surface area (Å²) in [5.74, 6) is -0.0594. The molecule has 5 aliphatic carbocycles. The fourth-order valence-corrected chi connectivity index (χ4v) is 10.7. The van der Waals surface area contributed by atoms with Gasteiger partial charge >= 0.3 is 5.97 Å². The SMILES string of the molecule is CC1(C)CC[C@]2(C(=O)O)CC[C@]3(C)C(=CC(=O)C4[C@@]5(C)C(Br)C=CC(C)(C)C5CC[C@]43C)C2C1. The van der Waals surface area contributed by atoms with Crippen molar-refractivity contribution in [3.8, 4) is 0 Å². The Morgan fingerprint density at radius 1 is 1.00 bits per heavy atom. The van der Waals surface area contributed by atoms with Gasteiger partial charge in [0.2, 0.25) is 0 Å². The van der Waals surface area contributed by atoms with Crippen molar-refractivity contribution < 1.29 is 14.7 Å². The first-order chi connectivity index (χ1) is 15.6. The number of fused-ring (bicyclic) bond motifs is 7. The van der Waals surface area contributed by atoms with E-state index < -0.39 is 11.4 Å². The molecule has 0 amide bonds. The van der Waals surface area contributed by atoms with E-state index in [4.69, 9.17) is 0 Å². The molecule has 0 aliphatic heterocycles. The fourth-order valence-electron chi connectivity index (χ4n) is 9.95. The molecule has 8 atom stereocenters. The Hall–Kier alpha value is -0.900. The van der Waals surface area contributed by atoms with Gasteiger partial charge in [0.25, 0.3) is 0 Å². The summed E-state index contributed by atoms with van der Waals surface area (Å²) < 4.78 is 0. The number of alkyl halides is 1. The Morgan fingerprint density at radius 2 is 1.65 bits per heavy atom. The van der Waals surface area contributed by atoms with Gasteiger partial charge in [-0.15, -0.1) is 0 Å². The minimum absolute atomic E-state index is 0.0396. The van der Waals surface area contributed by atoms with Gasteiger partial charge in [-0.05, 0) is 89.9 Å². The first-order valence-electron chi connectivity index (χ1n) is 13.4. The molecule has 0 aromatic heterocycles. The van der Waals surface area contributed by atoms with Crippen LogP contribution in [-0.4, -0.2) is 21.7 Å². The van der Waals surface area contributed by atoms with Crippen LogP contribution < -0.4 is 0 Å². The topological polar surface area (TPSA) is 54.4 Å². The van der Waals surface area contributed by atoms with Crippen molar-refractivity contribution in [2.75, 3.05) is 0 Å². The second-order valence-electron chi connectivity index (χ2n) is 14.6. The molecule has 5 rings (SSSR count). The number of carbonyl (C=O) groups excluding carboxylic acids is 1. The summed E-state index contributed by atoms with van der Waals surface area (Å²) in [4.78, 5) is 27.2. The van der Waals surface area contributed by atoms with E-state index in [1.807, 2.05) is 6.08 Å². The molecular weight excluding hydrogens is 488 g/mol. The molecule has 4 heteroatoms. The maximum absolute atomic E-state index is 14.3. The number of halogens is 1. The van der Waals surface area contributed by atoms with Crippen molar-refractivity contribution in [3.05, 3.63) is 23.8 Å². The molecule has 0 bridgehead atoms. The lowest BCUT2D eigenvalue weighted by Gasteiger charge is -2.70. The lowest BCUT2D eigenvalue weighted by atomic mass is 9.34. The summed E-state index contributed by atoms with van der Waals surface area (Å²) in [7, 11) is 0. The monoisotopic (exact) mass is 530 g/mol. The van der Waals surface area contributed by atoms with E-state index in [0.717, 1.165) is 44.9 Å². The lowest BCUT2D eigenvalue weighted by molar-refractivity contribution is -0.180. The highest BCUT2D eigenvalue weighted by Gasteiger charge is 2.71. The highest BCUT2D eigenvalue weighted by Crippen LogP contribution is 2.75. The van der Waals surface area contributed by atoms with Crippen molar-refractivity contribution in [3.63, 3.8) is 0 Å². The molecule has 188 valence electrons. The van der Waals surface area contributed by atoms with E-state index in [9.17, 15) is 14.7 Å². The Labute approximate surface area is 214 Å². The third kappa shape index (κ3) is 2.87. The molecule has 5 aliphatic rings. The van der Waals surface area contributed by atoms with Crippen molar-refractivity contribution in [1.29, 1.82) is 0 Å². The minimum Gasteiger partial charge on any atom is -0.481 e. The number of carbonyl (C=O) groups is 2. The largest absolute Gasteiger partial charge is 0.481 e. The second kappa shape index (κ2) is 7.11. The first kappa shape index (κ1) is 24.8. The standard InChI is InChI=1S/C30H43BrO3/c1-25(2)12-14-30(24(33)34)15-13-27(5)18(19(30)17-25)16-20(32)23-28(27,6)11-8-21-26(3,4)10-9-22(31)29(21,23)7/h9-10,16,19,21-23H,8,11-15,17H2,1-7H3,(H,33,34)/t19?,21?,22?,23?,27-,28-,29-,30+/m1/s1. The molecule has 0 radical (unpaired) electrons. The molecule has 0 spiro atoms. The van der Waals surface area contributed by atoms with Crippen LogP contribution in [0.4, 0.5) is 0 Å². The Bertz CT molecular complexity index is 1010. The number of allylic oxidation sites excluding steroid dienone is 4. The number of rotatable bonds is 1. The van der Waals surface area contributed by atoms with Crippen LogP contribution in [0.2, 0.25) is 0 Å². The second-order valence-corrected chi connectivity index (χ2v) is 15.6. The Morgan fingerprint density at radius 3 is 2.29 bits per heavy atom. The molecule has 0 aromatic carbocycles. The quantitative estimate of drug-likeness (QED) is 0.280. The average Bonchev–Trinajstić information content (AvgIpc) is 2.72. The molecule has 3 nitrogen and oxygen atoms in total. The van der Waals surface area contributed by atoms with Crippen LogP contribution in [0.1, 0.15) is 93.4 Å². The van der Waals surface area contributed by atoms with Crippen LogP contribution in [0.15, 0.2) is 23.8 Å². The van der Waals surface area contributed by atoms with Crippen LogP contribution in [-0.2, 0) is 9.59 Å². The van der Waals surface area contributed by atoms with E-state index in [-0.39, 0.29) is 49.5 Å². The van der Waals surface area contributed by atoms with Gasteiger partial charge in [-0.1, -0.05) is 82.1 Å². The van der Waals surface area contributed by atoms with Crippen molar-refractivity contribution in [1.82, 2.24) is 0 Å². The summed E-state index contributed by atoms with van der Waals surface area (Å²) >= 11 is 4.02. The van der Waals surface area contributed by atoms with Gasteiger partial charge in [0.1, 0.15) is 0 Å².